The molecular formula is C12H10N2O2. The van der Waals surface area contributed by atoms with Crippen LogP contribution in [0.1, 0.15) is 11.5 Å². The fourth-order valence-electron chi connectivity index (χ4n) is 1.94. The SMILES string of the molecule is Cc1nc2ccc(C3(C#N)COC3)cc2o1. The lowest BCUT2D eigenvalue weighted by molar-refractivity contribution is -0.0297. The molecule has 3 rings (SSSR count). The lowest BCUT2D eigenvalue weighted by Gasteiger charge is -2.35. The smallest absolute Gasteiger partial charge is 0.192 e. The largest absolute Gasteiger partial charge is 0.441 e. The van der Waals surface area contributed by atoms with E-state index in [4.69, 9.17) is 9.15 Å². The number of nitriles is 1. The van der Waals surface area contributed by atoms with Gasteiger partial charge in [-0.05, 0) is 17.7 Å². The summed E-state index contributed by atoms with van der Waals surface area (Å²) in [5.41, 5.74) is 2.02. The van der Waals surface area contributed by atoms with Crippen LogP contribution < -0.4 is 0 Å². The van der Waals surface area contributed by atoms with Crippen molar-refractivity contribution in [1.82, 2.24) is 4.98 Å². The van der Waals surface area contributed by atoms with E-state index >= 15 is 0 Å². The van der Waals surface area contributed by atoms with E-state index in [2.05, 4.69) is 11.1 Å². The highest BCUT2D eigenvalue weighted by Gasteiger charge is 2.41. The van der Waals surface area contributed by atoms with Gasteiger partial charge in [-0.15, -0.1) is 0 Å². The molecule has 1 fully saturated rings. The van der Waals surface area contributed by atoms with E-state index in [1.54, 1.807) is 0 Å². The molecule has 4 heteroatoms. The number of aryl methyl sites for hydroxylation is 1. The zero-order valence-electron chi connectivity index (χ0n) is 8.86. The van der Waals surface area contributed by atoms with Gasteiger partial charge in [0.15, 0.2) is 11.5 Å². The minimum atomic E-state index is -0.491. The van der Waals surface area contributed by atoms with Crippen LogP contribution in [0.25, 0.3) is 11.1 Å². The summed E-state index contributed by atoms with van der Waals surface area (Å²) in [6.45, 7) is 2.73. The van der Waals surface area contributed by atoms with Gasteiger partial charge in [0.05, 0.1) is 19.3 Å². The third kappa shape index (κ3) is 1.15. The number of fused-ring (bicyclic) bond motifs is 1. The lowest BCUT2D eigenvalue weighted by atomic mass is 9.80. The summed E-state index contributed by atoms with van der Waals surface area (Å²) in [7, 11) is 0. The first kappa shape index (κ1) is 9.37. The summed E-state index contributed by atoms with van der Waals surface area (Å²) in [4.78, 5) is 4.23. The molecule has 0 spiro atoms. The molecule has 0 amide bonds. The average Bonchev–Trinajstić information content (AvgIpc) is 2.56. The molecule has 1 aliphatic rings. The molecule has 4 nitrogen and oxygen atoms in total. The summed E-state index contributed by atoms with van der Waals surface area (Å²) >= 11 is 0. The highest BCUT2D eigenvalue weighted by Crippen LogP contribution is 2.33. The van der Waals surface area contributed by atoms with Crippen LogP contribution in [0.15, 0.2) is 22.6 Å². The van der Waals surface area contributed by atoms with Crippen molar-refractivity contribution in [2.75, 3.05) is 13.2 Å². The molecule has 0 atom stereocenters. The molecule has 1 saturated heterocycles. The predicted molar refractivity (Wildman–Crippen MR) is 56.9 cm³/mol. The first-order chi connectivity index (χ1) is 7.73. The third-order valence-electron chi connectivity index (χ3n) is 2.96. The summed E-state index contributed by atoms with van der Waals surface area (Å²) < 4.78 is 10.6. The van der Waals surface area contributed by atoms with Crippen molar-refractivity contribution in [2.45, 2.75) is 12.3 Å². The summed E-state index contributed by atoms with van der Waals surface area (Å²) in [6, 6.07) is 8.02. The van der Waals surface area contributed by atoms with E-state index in [9.17, 15) is 5.26 Å². The minimum absolute atomic E-state index is 0.460. The molecule has 80 valence electrons. The zero-order chi connectivity index (χ0) is 11.2. The summed E-state index contributed by atoms with van der Waals surface area (Å²) in [6.07, 6.45) is 0. The number of benzene rings is 1. The normalized spacial score (nSPS) is 18.0. The van der Waals surface area contributed by atoms with E-state index in [0.717, 1.165) is 16.7 Å². The second-order valence-corrected chi connectivity index (χ2v) is 4.10. The molecule has 16 heavy (non-hydrogen) atoms. The molecular weight excluding hydrogens is 204 g/mol. The van der Waals surface area contributed by atoms with Crippen LogP contribution in [0.5, 0.6) is 0 Å². The molecule has 0 aliphatic carbocycles. The van der Waals surface area contributed by atoms with Gasteiger partial charge in [0, 0.05) is 6.92 Å². The maximum Gasteiger partial charge on any atom is 0.192 e. The van der Waals surface area contributed by atoms with Gasteiger partial charge in [0.25, 0.3) is 0 Å². The van der Waals surface area contributed by atoms with E-state index < -0.39 is 5.41 Å². The molecule has 0 bridgehead atoms. The van der Waals surface area contributed by atoms with E-state index in [1.165, 1.54) is 0 Å². The molecule has 0 unspecified atom stereocenters. The van der Waals surface area contributed by atoms with Gasteiger partial charge in [-0.25, -0.2) is 4.98 Å². The second kappa shape index (κ2) is 3.06. The van der Waals surface area contributed by atoms with Gasteiger partial charge in [-0.1, -0.05) is 6.07 Å². The van der Waals surface area contributed by atoms with Crippen molar-refractivity contribution in [3.8, 4) is 6.07 Å². The summed E-state index contributed by atoms with van der Waals surface area (Å²) in [5.74, 6) is 0.642. The third-order valence-corrected chi connectivity index (χ3v) is 2.96. The Morgan fingerprint density at radius 2 is 2.25 bits per heavy atom. The van der Waals surface area contributed by atoms with Crippen molar-refractivity contribution >= 4 is 11.1 Å². The maximum absolute atomic E-state index is 9.19. The van der Waals surface area contributed by atoms with Crippen LogP contribution in [-0.2, 0) is 10.2 Å². The monoisotopic (exact) mass is 214 g/mol. The second-order valence-electron chi connectivity index (χ2n) is 4.10. The van der Waals surface area contributed by atoms with Crippen molar-refractivity contribution in [3.05, 3.63) is 29.7 Å². The predicted octanol–water partition coefficient (Wildman–Crippen LogP) is 1.93. The molecule has 1 aliphatic heterocycles. The van der Waals surface area contributed by atoms with Gasteiger partial charge in [-0.3, -0.25) is 0 Å². The Morgan fingerprint density at radius 1 is 1.44 bits per heavy atom. The molecule has 0 radical (unpaired) electrons. The van der Waals surface area contributed by atoms with E-state index in [-0.39, 0.29) is 0 Å². The van der Waals surface area contributed by atoms with E-state index in [0.29, 0.717) is 19.1 Å². The Hall–Kier alpha value is -1.86. The Kier molecular flexibility index (Phi) is 1.79. The minimum Gasteiger partial charge on any atom is -0.441 e. The molecule has 1 aromatic heterocycles. The molecule has 1 aromatic carbocycles. The number of hydrogen-bond acceptors (Lipinski definition) is 4. The molecule has 0 N–H and O–H groups in total. The van der Waals surface area contributed by atoms with Crippen molar-refractivity contribution in [3.63, 3.8) is 0 Å². The first-order valence-corrected chi connectivity index (χ1v) is 5.10. The number of hydrogen-bond donors (Lipinski definition) is 0. The molecule has 2 aromatic rings. The van der Waals surface area contributed by atoms with Crippen molar-refractivity contribution < 1.29 is 9.15 Å². The van der Waals surface area contributed by atoms with Gasteiger partial charge >= 0.3 is 0 Å². The van der Waals surface area contributed by atoms with Crippen LogP contribution in [0, 0.1) is 18.3 Å². The Bertz CT molecular complexity index is 591. The van der Waals surface area contributed by atoms with Crippen LogP contribution in [0.3, 0.4) is 0 Å². The average molecular weight is 214 g/mol. The highest BCUT2D eigenvalue weighted by atomic mass is 16.5. The number of ether oxygens (including phenoxy) is 1. The topological polar surface area (TPSA) is 59.0 Å². The fourth-order valence-corrected chi connectivity index (χ4v) is 1.94. The van der Waals surface area contributed by atoms with Gasteiger partial charge in [-0.2, -0.15) is 5.26 Å². The number of rotatable bonds is 1. The number of aromatic nitrogens is 1. The van der Waals surface area contributed by atoms with Crippen molar-refractivity contribution in [1.29, 1.82) is 5.26 Å². The Morgan fingerprint density at radius 3 is 2.88 bits per heavy atom. The standard InChI is InChI=1S/C12H10N2O2/c1-8-14-10-3-2-9(4-11(10)16-8)12(5-13)6-15-7-12/h2-4H,6-7H2,1H3. The Balaban J connectivity index is 2.15. The van der Waals surface area contributed by atoms with Gasteiger partial charge in [0.2, 0.25) is 0 Å². The zero-order valence-corrected chi connectivity index (χ0v) is 8.86. The van der Waals surface area contributed by atoms with E-state index in [1.807, 2.05) is 25.1 Å². The first-order valence-electron chi connectivity index (χ1n) is 5.10. The lowest BCUT2D eigenvalue weighted by Crippen LogP contribution is -2.45. The van der Waals surface area contributed by atoms with Gasteiger partial charge < -0.3 is 9.15 Å². The van der Waals surface area contributed by atoms with Crippen LogP contribution in [0.4, 0.5) is 0 Å². The number of nitrogens with zero attached hydrogens (tertiary/aromatic N) is 2. The molecule has 2 heterocycles. The maximum atomic E-state index is 9.19. The quantitative estimate of drug-likeness (QED) is 0.727. The van der Waals surface area contributed by atoms with Crippen LogP contribution in [0.2, 0.25) is 0 Å². The number of oxazole rings is 1. The van der Waals surface area contributed by atoms with Gasteiger partial charge in [0.1, 0.15) is 10.9 Å². The Labute approximate surface area is 92.5 Å². The molecule has 0 saturated carbocycles. The van der Waals surface area contributed by atoms with Crippen molar-refractivity contribution in [2.24, 2.45) is 0 Å². The highest BCUT2D eigenvalue weighted by molar-refractivity contribution is 5.74. The summed E-state index contributed by atoms with van der Waals surface area (Å²) in [5, 5.41) is 9.19. The fraction of sp³-hybridized carbons (Fsp3) is 0.333. The van der Waals surface area contributed by atoms with Crippen LogP contribution >= 0.6 is 0 Å². The van der Waals surface area contributed by atoms with Crippen LogP contribution in [-0.4, -0.2) is 18.2 Å².